The number of rotatable bonds is 2. The molecule has 0 aliphatic heterocycles. The first-order valence-corrected chi connectivity index (χ1v) is 6.46. The molecule has 0 radical (unpaired) electrons. The van der Waals surface area contributed by atoms with Crippen LogP contribution in [0.25, 0.3) is 0 Å². The van der Waals surface area contributed by atoms with Crippen molar-refractivity contribution >= 4 is 34.2 Å². The van der Waals surface area contributed by atoms with E-state index >= 15 is 0 Å². The number of carbonyl (C=O) groups excluding carboxylic acids is 1. The molecule has 92 valence electrons. The summed E-state index contributed by atoms with van der Waals surface area (Å²) in [5, 5.41) is 0. The van der Waals surface area contributed by atoms with Crippen LogP contribution >= 0.6 is 22.6 Å². The van der Waals surface area contributed by atoms with Gasteiger partial charge in [0.15, 0.2) is 0 Å². The molecule has 0 N–H and O–H groups in total. The van der Waals surface area contributed by atoms with Gasteiger partial charge in [-0.05, 0) is 46.9 Å². The molecule has 0 saturated heterocycles. The molecule has 2 rings (SSSR count). The number of anilines is 1. The van der Waals surface area contributed by atoms with Gasteiger partial charge in [-0.3, -0.25) is 4.79 Å². The molecule has 0 atom stereocenters. The van der Waals surface area contributed by atoms with Gasteiger partial charge in [0.2, 0.25) is 0 Å². The van der Waals surface area contributed by atoms with E-state index in [4.69, 9.17) is 0 Å². The van der Waals surface area contributed by atoms with Gasteiger partial charge in [0, 0.05) is 10.6 Å². The zero-order chi connectivity index (χ0) is 13.1. The Hall–Kier alpha value is -1.43. The standard InChI is InChI=1S/C14H11FINO/c1-17(13-9-5-3-7-11(13)15)14(18)10-6-2-4-8-12(10)16/h2-9H,1H3. The zero-order valence-corrected chi connectivity index (χ0v) is 11.9. The molecule has 1 amide bonds. The first-order chi connectivity index (χ1) is 8.61. The molecule has 0 aliphatic rings. The summed E-state index contributed by atoms with van der Waals surface area (Å²) in [6, 6.07) is 13.5. The summed E-state index contributed by atoms with van der Waals surface area (Å²) < 4.78 is 14.5. The number of benzene rings is 2. The molecule has 18 heavy (non-hydrogen) atoms. The van der Waals surface area contributed by atoms with E-state index in [0.29, 0.717) is 5.56 Å². The van der Waals surface area contributed by atoms with Gasteiger partial charge < -0.3 is 4.90 Å². The van der Waals surface area contributed by atoms with Crippen molar-refractivity contribution in [3.63, 3.8) is 0 Å². The molecule has 0 heterocycles. The summed E-state index contributed by atoms with van der Waals surface area (Å²) in [7, 11) is 1.57. The molecule has 2 nitrogen and oxygen atoms in total. The minimum Gasteiger partial charge on any atom is -0.309 e. The Kier molecular flexibility index (Phi) is 3.96. The van der Waals surface area contributed by atoms with E-state index in [2.05, 4.69) is 22.6 Å². The Morgan fingerprint density at radius 2 is 1.72 bits per heavy atom. The fourth-order valence-electron chi connectivity index (χ4n) is 1.65. The van der Waals surface area contributed by atoms with Crippen LogP contribution in [0.1, 0.15) is 10.4 Å². The average Bonchev–Trinajstić information content (AvgIpc) is 2.38. The van der Waals surface area contributed by atoms with Crippen LogP contribution in [-0.2, 0) is 0 Å². The number of amides is 1. The summed E-state index contributed by atoms with van der Waals surface area (Å²) in [6.45, 7) is 0. The van der Waals surface area contributed by atoms with Gasteiger partial charge in [0.25, 0.3) is 5.91 Å². The molecular formula is C14H11FINO. The SMILES string of the molecule is CN(C(=O)c1ccccc1I)c1ccccc1F. The smallest absolute Gasteiger partial charge is 0.259 e. The molecule has 0 bridgehead atoms. The van der Waals surface area contributed by atoms with Crippen molar-refractivity contribution in [3.05, 3.63) is 63.5 Å². The van der Waals surface area contributed by atoms with Crippen LogP contribution in [0.15, 0.2) is 48.5 Å². The molecule has 4 heteroatoms. The van der Waals surface area contributed by atoms with E-state index in [1.165, 1.54) is 11.0 Å². The molecule has 2 aromatic carbocycles. The molecule has 0 saturated carbocycles. The van der Waals surface area contributed by atoms with Crippen molar-refractivity contribution in [1.82, 2.24) is 0 Å². The predicted molar refractivity (Wildman–Crippen MR) is 78.3 cm³/mol. The summed E-state index contributed by atoms with van der Waals surface area (Å²) in [5.41, 5.74) is 0.853. The van der Waals surface area contributed by atoms with Crippen LogP contribution in [0.3, 0.4) is 0 Å². The highest BCUT2D eigenvalue weighted by Gasteiger charge is 2.17. The number of hydrogen-bond donors (Lipinski definition) is 0. The van der Waals surface area contributed by atoms with Crippen molar-refractivity contribution < 1.29 is 9.18 Å². The fraction of sp³-hybridized carbons (Fsp3) is 0.0714. The van der Waals surface area contributed by atoms with Crippen molar-refractivity contribution in [2.24, 2.45) is 0 Å². The Morgan fingerprint density at radius 3 is 2.39 bits per heavy atom. The van der Waals surface area contributed by atoms with Crippen LogP contribution in [0, 0.1) is 9.39 Å². The summed E-state index contributed by atoms with van der Waals surface area (Å²) >= 11 is 2.10. The lowest BCUT2D eigenvalue weighted by molar-refractivity contribution is 0.0991. The lowest BCUT2D eigenvalue weighted by Gasteiger charge is -2.18. The maximum Gasteiger partial charge on any atom is 0.259 e. The van der Waals surface area contributed by atoms with Gasteiger partial charge >= 0.3 is 0 Å². The van der Waals surface area contributed by atoms with Crippen molar-refractivity contribution in [3.8, 4) is 0 Å². The van der Waals surface area contributed by atoms with Crippen molar-refractivity contribution in [2.75, 3.05) is 11.9 Å². The van der Waals surface area contributed by atoms with Gasteiger partial charge in [-0.25, -0.2) is 4.39 Å². The Labute approximate surface area is 119 Å². The van der Waals surface area contributed by atoms with E-state index in [9.17, 15) is 9.18 Å². The highest BCUT2D eigenvalue weighted by molar-refractivity contribution is 14.1. The maximum absolute atomic E-state index is 13.6. The third-order valence-electron chi connectivity index (χ3n) is 2.62. The largest absolute Gasteiger partial charge is 0.309 e. The van der Waals surface area contributed by atoms with E-state index in [-0.39, 0.29) is 11.6 Å². The average molecular weight is 355 g/mol. The third kappa shape index (κ3) is 2.53. The predicted octanol–water partition coefficient (Wildman–Crippen LogP) is 3.71. The Balaban J connectivity index is 2.36. The number of halogens is 2. The normalized spacial score (nSPS) is 10.2. The summed E-state index contributed by atoms with van der Waals surface area (Å²) in [4.78, 5) is 13.6. The summed E-state index contributed by atoms with van der Waals surface area (Å²) in [5.74, 6) is -0.621. The zero-order valence-electron chi connectivity index (χ0n) is 9.73. The quantitative estimate of drug-likeness (QED) is 0.753. The molecular weight excluding hydrogens is 344 g/mol. The Morgan fingerprint density at radius 1 is 1.11 bits per heavy atom. The monoisotopic (exact) mass is 355 g/mol. The van der Waals surface area contributed by atoms with Crippen LogP contribution in [0.4, 0.5) is 10.1 Å². The number of nitrogens with zero attached hydrogens (tertiary/aromatic N) is 1. The number of para-hydroxylation sites is 1. The molecule has 0 unspecified atom stereocenters. The molecule has 0 fully saturated rings. The second kappa shape index (κ2) is 5.48. The second-order valence-electron chi connectivity index (χ2n) is 3.80. The minimum absolute atomic E-state index is 0.218. The molecule has 0 aromatic heterocycles. The highest BCUT2D eigenvalue weighted by atomic mass is 127. The maximum atomic E-state index is 13.6. The van der Waals surface area contributed by atoms with Gasteiger partial charge in [-0.1, -0.05) is 24.3 Å². The fourth-order valence-corrected chi connectivity index (χ4v) is 2.27. The van der Waals surface area contributed by atoms with Crippen molar-refractivity contribution in [1.29, 1.82) is 0 Å². The van der Waals surface area contributed by atoms with Crippen LogP contribution in [0.2, 0.25) is 0 Å². The molecule has 0 spiro atoms. The topological polar surface area (TPSA) is 20.3 Å². The highest BCUT2D eigenvalue weighted by Crippen LogP contribution is 2.21. The van der Waals surface area contributed by atoms with Gasteiger partial charge in [0.1, 0.15) is 5.82 Å². The summed E-state index contributed by atoms with van der Waals surface area (Å²) in [6.07, 6.45) is 0. The van der Waals surface area contributed by atoms with Crippen LogP contribution < -0.4 is 4.90 Å². The van der Waals surface area contributed by atoms with Gasteiger partial charge in [0.05, 0.1) is 11.3 Å². The first-order valence-electron chi connectivity index (χ1n) is 5.38. The number of hydrogen-bond acceptors (Lipinski definition) is 1. The Bertz CT molecular complexity index is 586. The third-order valence-corrected chi connectivity index (χ3v) is 3.56. The lowest BCUT2D eigenvalue weighted by atomic mass is 10.2. The van der Waals surface area contributed by atoms with E-state index < -0.39 is 5.82 Å². The number of carbonyl (C=O) groups is 1. The molecule has 0 aliphatic carbocycles. The second-order valence-corrected chi connectivity index (χ2v) is 4.96. The first kappa shape index (κ1) is 13.0. The van der Waals surface area contributed by atoms with E-state index in [1.54, 1.807) is 37.4 Å². The van der Waals surface area contributed by atoms with Crippen LogP contribution in [0.5, 0.6) is 0 Å². The van der Waals surface area contributed by atoms with Gasteiger partial charge in [-0.15, -0.1) is 0 Å². The molecule has 2 aromatic rings. The minimum atomic E-state index is -0.403. The lowest BCUT2D eigenvalue weighted by Crippen LogP contribution is -2.27. The van der Waals surface area contributed by atoms with Crippen molar-refractivity contribution in [2.45, 2.75) is 0 Å². The van der Waals surface area contributed by atoms with E-state index in [0.717, 1.165) is 3.57 Å². The van der Waals surface area contributed by atoms with E-state index in [1.807, 2.05) is 12.1 Å². The van der Waals surface area contributed by atoms with Gasteiger partial charge in [-0.2, -0.15) is 0 Å². The van der Waals surface area contributed by atoms with Crippen LogP contribution in [-0.4, -0.2) is 13.0 Å².